The highest BCUT2D eigenvalue weighted by Crippen LogP contribution is 2.23. The summed E-state index contributed by atoms with van der Waals surface area (Å²) < 4.78 is 26.7. The lowest BCUT2D eigenvalue weighted by atomic mass is 10.0. The largest absolute Gasteiger partial charge is 0.354 e. The number of anilines is 1. The second-order valence-corrected chi connectivity index (χ2v) is 12.1. The molecule has 0 radical (unpaired) electrons. The molecular weight excluding hydrogens is 522 g/mol. The topological polar surface area (TPSA) is 86.8 Å². The smallest absolute Gasteiger partial charge is 0.243 e. The second kappa shape index (κ2) is 14.7. The number of hydrogen-bond donors (Lipinski definition) is 1. The maximum Gasteiger partial charge on any atom is 0.243 e. The van der Waals surface area contributed by atoms with Crippen LogP contribution in [-0.4, -0.2) is 50.5 Å². The summed E-state index contributed by atoms with van der Waals surface area (Å²) in [7, 11) is -3.55. The number of hydrogen-bond acceptors (Lipinski definition) is 4. The van der Waals surface area contributed by atoms with Gasteiger partial charge in [0.25, 0.3) is 0 Å². The van der Waals surface area contributed by atoms with Crippen molar-refractivity contribution in [2.75, 3.05) is 23.7 Å². The molecular formula is C32H41N3O4S. The molecule has 1 unspecified atom stereocenters. The van der Waals surface area contributed by atoms with Crippen LogP contribution in [0, 0.1) is 13.8 Å². The van der Waals surface area contributed by atoms with Crippen LogP contribution in [0.25, 0.3) is 0 Å². The summed E-state index contributed by atoms with van der Waals surface area (Å²) in [5.41, 5.74) is 4.54. The molecule has 8 heteroatoms. The summed E-state index contributed by atoms with van der Waals surface area (Å²) >= 11 is 0. The number of carbonyl (C=O) groups excluding carboxylic acids is 2. The van der Waals surface area contributed by atoms with E-state index < -0.39 is 16.1 Å². The Morgan fingerprint density at radius 2 is 1.50 bits per heavy atom. The molecule has 0 saturated heterocycles. The molecule has 0 heterocycles. The first-order valence-corrected chi connectivity index (χ1v) is 15.6. The van der Waals surface area contributed by atoms with Crippen LogP contribution >= 0.6 is 0 Å². The van der Waals surface area contributed by atoms with Crippen molar-refractivity contribution in [3.8, 4) is 0 Å². The number of rotatable bonds is 14. The Morgan fingerprint density at radius 3 is 2.08 bits per heavy atom. The van der Waals surface area contributed by atoms with Gasteiger partial charge in [0, 0.05) is 32.5 Å². The molecule has 0 saturated carbocycles. The van der Waals surface area contributed by atoms with Crippen LogP contribution in [0.2, 0.25) is 0 Å². The monoisotopic (exact) mass is 563 g/mol. The average Bonchev–Trinajstić information content (AvgIpc) is 2.93. The van der Waals surface area contributed by atoms with E-state index in [0.29, 0.717) is 25.1 Å². The number of aryl methyl sites for hydroxylation is 2. The fourth-order valence-corrected chi connectivity index (χ4v) is 5.54. The predicted molar refractivity (Wildman–Crippen MR) is 162 cm³/mol. The van der Waals surface area contributed by atoms with E-state index in [1.54, 1.807) is 11.0 Å². The zero-order valence-corrected chi connectivity index (χ0v) is 24.8. The van der Waals surface area contributed by atoms with Crippen molar-refractivity contribution >= 4 is 27.5 Å². The summed E-state index contributed by atoms with van der Waals surface area (Å²) in [4.78, 5) is 28.9. The molecule has 1 atom stereocenters. The average molecular weight is 564 g/mol. The molecule has 1 N–H and O–H groups in total. The third-order valence-electron chi connectivity index (χ3n) is 6.95. The van der Waals surface area contributed by atoms with Gasteiger partial charge in [0.1, 0.15) is 6.04 Å². The summed E-state index contributed by atoms with van der Waals surface area (Å²) in [6.07, 6.45) is 2.78. The molecule has 214 valence electrons. The minimum Gasteiger partial charge on any atom is -0.354 e. The van der Waals surface area contributed by atoms with Gasteiger partial charge >= 0.3 is 0 Å². The van der Waals surface area contributed by atoms with Crippen LogP contribution < -0.4 is 9.62 Å². The highest BCUT2D eigenvalue weighted by molar-refractivity contribution is 7.92. The predicted octanol–water partition coefficient (Wildman–Crippen LogP) is 5.02. The van der Waals surface area contributed by atoms with E-state index in [4.69, 9.17) is 0 Å². The number of nitrogens with zero attached hydrogens (tertiary/aromatic N) is 2. The van der Waals surface area contributed by atoms with E-state index in [-0.39, 0.29) is 31.3 Å². The molecule has 0 aromatic heterocycles. The van der Waals surface area contributed by atoms with Crippen LogP contribution in [0.3, 0.4) is 0 Å². The van der Waals surface area contributed by atoms with Gasteiger partial charge in [-0.05, 0) is 61.1 Å². The van der Waals surface area contributed by atoms with Crippen molar-refractivity contribution in [2.45, 2.75) is 59.0 Å². The number of benzene rings is 3. The Morgan fingerprint density at radius 1 is 0.875 bits per heavy atom. The maximum atomic E-state index is 13.8. The molecule has 40 heavy (non-hydrogen) atoms. The summed E-state index contributed by atoms with van der Waals surface area (Å²) in [5, 5.41) is 2.98. The molecule has 0 spiro atoms. The van der Waals surface area contributed by atoms with Crippen LogP contribution in [-0.2, 0) is 32.6 Å². The first-order valence-electron chi connectivity index (χ1n) is 13.8. The Labute approximate surface area is 239 Å². The highest BCUT2D eigenvalue weighted by atomic mass is 32.2. The van der Waals surface area contributed by atoms with Gasteiger partial charge in [0.15, 0.2) is 0 Å². The number of carbonyl (C=O) groups is 2. The fraction of sp³-hybridized carbons (Fsp3) is 0.375. The number of sulfonamides is 1. The van der Waals surface area contributed by atoms with E-state index in [9.17, 15) is 18.0 Å². The van der Waals surface area contributed by atoms with Crippen molar-refractivity contribution in [3.63, 3.8) is 0 Å². The van der Waals surface area contributed by atoms with Crippen molar-refractivity contribution in [1.29, 1.82) is 0 Å². The van der Waals surface area contributed by atoms with E-state index in [1.807, 2.05) is 93.6 Å². The summed E-state index contributed by atoms with van der Waals surface area (Å²) in [5.74, 6) is -0.382. The van der Waals surface area contributed by atoms with Gasteiger partial charge in [-0.15, -0.1) is 0 Å². The maximum absolute atomic E-state index is 13.8. The van der Waals surface area contributed by atoms with Gasteiger partial charge in [-0.3, -0.25) is 13.9 Å². The second-order valence-electron chi connectivity index (χ2n) is 10.2. The lowest BCUT2D eigenvalue weighted by molar-refractivity contribution is -0.141. The quantitative estimate of drug-likeness (QED) is 0.299. The van der Waals surface area contributed by atoms with Gasteiger partial charge in [-0.2, -0.15) is 0 Å². The third-order valence-corrected chi connectivity index (χ3v) is 8.14. The van der Waals surface area contributed by atoms with Gasteiger partial charge in [0.05, 0.1) is 11.9 Å². The number of amides is 2. The molecule has 0 aliphatic carbocycles. The molecule has 3 aromatic rings. The highest BCUT2D eigenvalue weighted by Gasteiger charge is 2.30. The number of nitrogens with one attached hydrogen (secondary N) is 1. The van der Waals surface area contributed by atoms with Gasteiger partial charge in [-0.25, -0.2) is 8.42 Å². The fourth-order valence-electron chi connectivity index (χ4n) is 4.58. The lowest BCUT2D eigenvalue weighted by Gasteiger charge is -2.32. The Balaban J connectivity index is 1.85. The van der Waals surface area contributed by atoms with Gasteiger partial charge in [0.2, 0.25) is 21.8 Å². The van der Waals surface area contributed by atoms with E-state index in [2.05, 4.69) is 5.32 Å². The Bertz CT molecular complexity index is 1360. The lowest BCUT2D eigenvalue weighted by Crippen LogP contribution is -2.50. The van der Waals surface area contributed by atoms with E-state index >= 15 is 0 Å². The molecule has 7 nitrogen and oxygen atoms in total. The first kappa shape index (κ1) is 30.9. The standard InChI is InChI=1S/C32H41N3O4S/c1-5-20-33-32(37)30(23-27-13-8-6-9-14-27)34(24-28-15-10-7-11-16-28)31(36)17-12-21-35(40(4,38)39)29-19-18-25(2)26(3)22-29/h6-11,13-16,18-19,22,30H,5,12,17,20-21,23-24H2,1-4H3,(H,33,37). The van der Waals surface area contributed by atoms with E-state index in [1.165, 1.54) is 10.6 Å². The van der Waals surface area contributed by atoms with Crippen molar-refractivity contribution < 1.29 is 18.0 Å². The SMILES string of the molecule is CCCNC(=O)C(Cc1ccccc1)N(Cc1ccccc1)C(=O)CCCN(c1ccc(C)c(C)c1)S(C)(=O)=O. The Hall–Kier alpha value is -3.65. The summed E-state index contributed by atoms with van der Waals surface area (Å²) in [6.45, 7) is 6.88. The Kier molecular flexibility index (Phi) is 11.3. The molecule has 0 bridgehead atoms. The molecule has 0 aliphatic heterocycles. The van der Waals surface area contributed by atoms with Crippen LogP contribution in [0.5, 0.6) is 0 Å². The van der Waals surface area contributed by atoms with Crippen LogP contribution in [0.1, 0.15) is 48.4 Å². The zero-order valence-electron chi connectivity index (χ0n) is 24.0. The first-order chi connectivity index (χ1) is 19.1. The van der Waals surface area contributed by atoms with Crippen molar-refractivity contribution in [3.05, 3.63) is 101 Å². The van der Waals surface area contributed by atoms with Crippen LogP contribution in [0.15, 0.2) is 78.9 Å². The molecule has 3 rings (SSSR count). The van der Waals surface area contributed by atoms with Crippen molar-refractivity contribution in [2.24, 2.45) is 0 Å². The molecule has 2 amide bonds. The third kappa shape index (κ3) is 8.95. The zero-order chi connectivity index (χ0) is 29.1. The van der Waals surface area contributed by atoms with Crippen LogP contribution in [0.4, 0.5) is 5.69 Å². The minimum atomic E-state index is -3.55. The molecule has 0 aliphatic rings. The minimum absolute atomic E-state index is 0.107. The van der Waals surface area contributed by atoms with Gasteiger partial charge < -0.3 is 10.2 Å². The van der Waals surface area contributed by atoms with E-state index in [0.717, 1.165) is 28.7 Å². The van der Waals surface area contributed by atoms with Crippen molar-refractivity contribution in [1.82, 2.24) is 10.2 Å². The van der Waals surface area contributed by atoms with Gasteiger partial charge in [-0.1, -0.05) is 73.7 Å². The normalized spacial score (nSPS) is 12.0. The molecule has 3 aromatic carbocycles. The molecule has 0 fully saturated rings. The summed E-state index contributed by atoms with van der Waals surface area (Å²) in [6, 6.07) is 24.1.